The average Bonchev–Trinajstić information content (AvgIpc) is 2.83. The van der Waals surface area contributed by atoms with E-state index in [4.69, 9.17) is 4.74 Å². The van der Waals surface area contributed by atoms with Gasteiger partial charge in [-0.25, -0.2) is 0 Å². The molecule has 0 bridgehead atoms. The molecule has 0 heterocycles. The number of rotatable bonds is 6. The van der Waals surface area contributed by atoms with Gasteiger partial charge in [-0.2, -0.15) is 0 Å². The summed E-state index contributed by atoms with van der Waals surface area (Å²) in [4.78, 5) is 14.8. The van der Waals surface area contributed by atoms with Crippen molar-refractivity contribution in [2.45, 2.75) is 13.5 Å². The molecule has 0 aliphatic heterocycles. The Kier molecular flexibility index (Phi) is 6.37. The van der Waals surface area contributed by atoms with Crippen LogP contribution in [0.15, 0.2) is 97.1 Å². The highest BCUT2D eigenvalue weighted by Gasteiger charge is 2.20. The van der Waals surface area contributed by atoms with Crippen LogP contribution in [0.3, 0.4) is 0 Å². The molecule has 160 valence electrons. The summed E-state index contributed by atoms with van der Waals surface area (Å²) in [7, 11) is 3.56. The molecule has 0 N–H and O–H groups in total. The van der Waals surface area contributed by atoms with Gasteiger partial charge in [-0.05, 0) is 47.4 Å². The van der Waals surface area contributed by atoms with Crippen molar-refractivity contribution in [3.8, 4) is 28.0 Å². The van der Waals surface area contributed by atoms with Crippen LogP contribution in [0.1, 0.15) is 21.5 Å². The molecule has 0 aliphatic carbocycles. The van der Waals surface area contributed by atoms with Gasteiger partial charge < -0.3 is 9.64 Å². The van der Waals surface area contributed by atoms with Gasteiger partial charge in [-0.15, -0.1) is 0 Å². The second kappa shape index (κ2) is 9.52. The van der Waals surface area contributed by atoms with Crippen LogP contribution in [0.4, 0.5) is 0 Å². The molecule has 0 spiro atoms. The molecule has 3 heteroatoms. The van der Waals surface area contributed by atoms with Crippen molar-refractivity contribution in [2.75, 3.05) is 14.1 Å². The number of benzene rings is 4. The van der Waals surface area contributed by atoms with Gasteiger partial charge in [-0.3, -0.25) is 4.79 Å². The minimum atomic E-state index is -0.0277. The van der Waals surface area contributed by atoms with Crippen molar-refractivity contribution in [1.29, 1.82) is 0 Å². The minimum absolute atomic E-state index is 0.0277. The lowest BCUT2D eigenvalue weighted by Crippen LogP contribution is -2.23. The summed E-state index contributed by atoms with van der Waals surface area (Å²) in [5.41, 5.74) is 6.97. The summed E-state index contributed by atoms with van der Waals surface area (Å²) in [5, 5.41) is 0. The number of nitrogens with zero attached hydrogens (tertiary/aromatic N) is 1. The Hall–Kier alpha value is -3.85. The third kappa shape index (κ3) is 4.57. The molecule has 4 aromatic carbocycles. The van der Waals surface area contributed by atoms with Crippen molar-refractivity contribution >= 4 is 5.91 Å². The lowest BCUT2D eigenvalue weighted by atomic mass is 9.88. The lowest BCUT2D eigenvalue weighted by molar-refractivity contribution is 0.0828. The normalized spacial score (nSPS) is 10.6. The number of hydrogen-bond donors (Lipinski definition) is 0. The van der Waals surface area contributed by atoms with E-state index in [2.05, 4.69) is 31.2 Å². The number of amides is 1. The molecular weight excluding hydrogens is 394 g/mol. The van der Waals surface area contributed by atoms with Crippen LogP contribution in [0.2, 0.25) is 0 Å². The van der Waals surface area contributed by atoms with Gasteiger partial charge in [-0.1, -0.05) is 84.4 Å². The molecular formula is C29H27NO2. The summed E-state index contributed by atoms with van der Waals surface area (Å²) in [6.45, 7) is 2.43. The monoisotopic (exact) mass is 421 g/mol. The number of hydrogen-bond acceptors (Lipinski definition) is 2. The zero-order valence-corrected chi connectivity index (χ0v) is 18.7. The second-order valence-electron chi connectivity index (χ2n) is 8.05. The largest absolute Gasteiger partial charge is 0.489 e. The zero-order chi connectivity index (χ0) is 22.5. The molecule has 32 heavy (non-hydrogen) atoms. The molecule has 1 amide bonds. The molecule has 3 nitrogen and oxygen atoms in total. The van der Waals surface area contributed by atoms with Crippen molar-refractivity contribution in [2.24, 2.45) is 0 Å². The van der Waals surface area contributed by atoms with Gasteiger partial charge in [0.15, 0.2) is 0 Å². The highest BCUT2D eigenvalue weighted by atomic mass is 16.5. The fourth-order valence-corrected chi connectivity index (χ4v) is 3.82. The van der Waals surface area contributed by atoms with Gasteiger partial charge in [0.1, 0.15) is 12.4 Å². The number of aryl methyl sites for hydroxylation is 1. The van der Waals surface area contributed by atoms with Crippen LogP contribution >= 0.6 is 0 Å². The van der Waals surface area contributed by atoms with Gasteiger partial charge in [0.2, 0.25) is 0 Å². The maximum Gasteiger partial charge on any atom is 0.253 e. The Bertz CT molecular complexity index is 1210. The summed E-state index contributed by atoms with van der Waals surface area (Å²) in [5.74, 6) is 0.780. The van der Waals surface area contributed by atoms with E-state index in [1.165, 1.54) is 5.56 Å². The molecule has 4 rings (SSSR count). The van der Waals surface area contributed by atoms with E-state index in [-0.39, 0.29) is 5.91 Å². The van der Waals surface area contributed by atoms with E-state index >= 15 is 0 Å². The maximum absolute atomic E-state index is 13.1. The fourth-order valence-electron chi connectivity index (χ4n) is 3.82. The lowest BCUT2D eigenvalue weighted by Gasteiger charge is -2.20. The Morgan fingerprint density at radius 1 is 0.750 bits per heavy atom. The van der Waals surface area contributed by atoms with Crippen molar-refractivity contribution < 1.29 is 9.53 Å². The average molecular weight is 422 g/mol. The highest BCUT2D eigenvalue weighted by Crippen LogP contribution is 2.37. The van der Waals surface area contributed by atoms with E-state index in [0.717, 1.165) is 33.6 Å². The topological polar surface area (TPSA) is 29.5 Å². The fraction of sp³-hybridized carbons (Fsp3) is 0.138. The quantitative estimate of drug-likeness (QED) is 0.351. The van der Waals surface area contributed by atoms with E-state index in [1.54, 1.807) is 19.0 Å². The second-order valence-corrected chi connectivity index (χ2v) is 8.05. The molecule has 0 aromatic heterocycles. The predicted octanol–water partition coefficient (Wildman–Crippen LogP) is 6.61. The summed E-state index contributed by atoms with van der Waals surface area (Å²) in [6.07, 6.45) is 0. The highest BCUT2D eigenvalue weighted by molar-refractivity contribution is 6.03. The molecule has 0 atom stereocenters. The van der Waals surface area contributed by atoms with Crippen molar-refractivity contribution in [3.63, 3.8) is 0 Å². The number of carbonyl (C=O) groups is 1. The first-order valence-corrected chi connectivity index (χ1v) is 10.7. The number of carbonyl (C=O) groups excluding carboxylic acids is 1. The SMILES string of the molecule is Cc1ccc(OCc2cccc(C(=O)N(C)C)c2-c2ccccc2-c2ccccc2)cc1. The minimum Gasteiger partial charge on any atom is -0.489 e. The van der Waals surface area contributed by atoms with Gasteiger partial charge >= 0.3 is 0 Å². The van der Waals surface area contributed by atoms with Crippen LogP contribution in [0, 0.1) is 6.92 Å². The van der Waals surface area contributed by atoms with Gasteiger partial charge in [0.05, 0.1) is 0 Å². The standard InChI is InChI=1S/C29H27NO2/c1-21-16-18-24(19-17-21)32-20-23-12-9-15-27(29(31)30(2)3)28(23)26-14-8-7-13-25(26)22-10-5-4-6-11-22/h4-19H,20H2,1-3H3. The van der Waals surface area contributed by atoms with Crippen molar-refractivity contribution in [3.05, 3.63) is 114 Å². The molecule has 0 unspecified atom stereocenters. The Labute approximate surface area is 189 Å². The molecule has 0 saturated heterocycles. The summed E-state index contributed by atoms with van der Waals surface area (Å²) >= 11 is 0. The van der Waals surface area contributed by atoms with Crippen molar-refractivity contribution in [1.82, 2.24) is 4.90 Å². The molecule has 0 saturated carbocycles. The van der Waals surface area contributed by atoms with E-state index in [1.807, 2.05) is 72.8 Å². The van der Waals surface area contributed by atoms with Gasteiger partial charge in [0.25, 0.3) is 5.91 Å². The first-order chi connectivity index (χ1) is 15.5. The van der Waals surface area contributed by atoms with E-state index < -0.39 is 0 Å². The first kappa shape index (κ1) is 21.4. The summed E-state index contributed by atoms with van der Waals surface area (Å²) in [6, 6.07) is 32.4. The molecule has 0 radical (unpaired) electrons. The molecule has 0 fully saturated rings. The summed E-state index contributed by atoms with van der Waals surface area (Å²) < 4.78 is 6.13. The third-order valence-corrected chi connectivity index (χ3v) is 5.48. The van der Waals surface area contributed by atoms with Gasteiger partial charge in [0, 0.05) is 25.2 Å². The van der Waals surface area contributed by atoms with Crippen LogP contribution < -0.4 is 4.74 Å². The number of ether oxygens (including phenoxy) is 1. The Balaban J connectivity index is 1.84. The van der Waals surface area contributed by atoms with Crippen LogP contribution in [0.25, 0.3) is 22.3 Å². The Morgan fingerprint density at radius 2 is 1.41 bits per heavy atom. The van der Waals surface area contributed by atoms with E-state index in [9.17, 15) is 4.79 Å². The van der Waals surface area contributed by atoms with Crippen LogP contribution in [-0.2, 0) is 6.61 Å². The molecule has 4 aromatic rings. The zero-order valence-electron chi connectivity index (χ0n) is 18.7. The smallest absolute Gasteiger partial charge is 0.253 e. The van der Waals surface area contributed by atoms with Crippen LogP contribution in [0.5, 0.6) is 5.75 Å². The first-order valence-electron chi connectivity index (χ1n) is 10.7. The maximum atomic E-state index is 13.1. The van der Waals surface area contributed by atoms with E-state index in [0.29, 0.717) is 12.2 Å². The third-order valence-electron chi connectivity index (χ3n) is 5.48. The Morgan fingerprint density at radius 3 is 2.09 bits per heavy atom. The van der Waals surface area contributed by atoms with Crippen LogP contribution in [-0.4, -0.2) is 24.9 Å². The predicted molar refractivity (Wildman–Crippen MR) is 131 cm³/mol. The molecule has 0 aliphatic rings.